The number of hydrogen-bond donors (Lipinski definition) is 3. The Labute approximate surface area is 118 Å². The molecule has 0 saturated carbocycles. The Morgan fingerprint density at radius 3 is 2.67 bits per heavy atom. The van der Waals surface area contributed by atoms with Gasteiger partial charge in [-0.3, -0.25) is 9.59 Å². The summed E-state index contributed by atoms with van der Waals surface area (Å²) in [6, 6.07) is 3.37. The molecule has 3 N–H and O–H groups in total. The van der Waals surface area contributed by atoms with E-state index in [9.17, 15) is 23.9 Å². The van der Waals surface area contributed by atoms with Gasteiger partial charge in [-0.05, 0) is 30.7 Å². The third kappa shape index (κ3) is 2.26. The Morgan fingerprint density at radius 1 is 1.29 bits per heavy atom. The standard InChI is InChI=1S/C12H14N3O5P/c1-14-5-4-8-7(6-14)2-3-9-10(8)15(21(18,19)20)12(17)11(16)13-9/h2-3H,4-6H2,1H3,(H,13,16)(H2,18,19,20). The number of benzene rings is 1. The minimum Gasteiger partial charge on any atom is -0.316 e. The molecule has 3 rings (SSSR count). The highest BCUT2D eigenvalue weighted by Crippen LogP contribution is 2.39. The summed E-state index contributed by atoms with van der Waals surface area (Å²) in [7, 11) is -2.98. The second-order valence-electron chi connectivity index (χ2n) is 5.17. The van der Waals surface area contributed by atoms with E-state index in [1.807, 2.05) is 7.05 Å². The first-order valence-corrected chi connectivity index (χ1v) is 7.90. The summed E-state index contributed by atoms with van der Waals surface area (Å²) >= 11 is 0. The van der Waals surface area contributed by atoms with Crippen molar-refractivity contribution in [3.63, 3.8) is 0 Å². The van der Waals surface area contributed by atoms with Crippen molar-refractivity contribution in [1.82, 2.24) is 14.2 Å². The largest absolute Gasteiger partial charge is 0.437 e. The van der Waals surface area contributed by atoms with E-state index < -0.39 is 18.9 Å². The van der Waals surface area contributed by atoms with Gasteiger partial charge in [0.1, 0.15) is 0 Å². The Kier molecular flexibility index (Phi) is 3.14. The van der Waals surface area contributed by atoms with Crippen molar-refractivity contribution in [2.75, 3.05) is 13.6 Å². The van der Waals surface area contributed by atoms with E-state index >= 15 is 0 Å². The number of likely N-dealkylation sites (N-methyl/N-ethyl adjacent to an activating group) is 1. The number of nitrogens with one attached hydrogen (secondary N) is 1. The second-order valence-corrected chi connectivity index (χ2v) is 6.60. The summed E-state index contributed by atoms with van der Waals surface area (Å²) in [6.07, 6.45) is 0.550. The summed E-state index contributed by atoms with van der Waals surface area (Å²) in [5, 5.41) is 0. The number of rotatable bonds is 1. The Bertz CT molecular complexity index is 894. The SMILES string of the molecule is CN1CCc2c(ccc3[nH]c(=O)c(=O)n(P(=O)(O)O)c23)C1. The van der Waals surface area contributed by atoms with Crippen LogP contribution in [0.15, 0.2) is 21.7 Å². The van der Waals surface area contributed by atoms with Gasteiger partial charge in [-0.2, -0.15) is 0 Å². The predicted octanol–water partition coefficient (Wildman–Crippen LogP) is -0.381. The Morgan fingerprint density at radius 2 is 2.00 bits per heavy atom. The maximum absolute atomic E-state index is 11.9. The van der Waals surface area contributed by atoms with Crippen LogP contribution in [0.25, 0.3) is 11.0 Å². The Balaban J connectivity index is 2.51. The van der Waals surface area contributed by atoms with Crippen LogP contribution in [0.1, 0.15) is 11.1 Å². The Hall–Kier alpha value is -1.73. The van der Waals surface area contributed by atoms with Crippen LogP contribution in [0.2, 0.25) is 0 Å². The number of aromatic amines is 1. The molecule has 21 heavy (non-hydrogen) atoms. The smallest absolute Gasteiger partial charge is 0.316 e. The molecule has 1 aromatic carbocycles. The normalized spacial score (nSPS) is 16.1. The van der Waals surface area contributed by atoms with E-state index in [4.69, 9.17) is 0 Å². The van der Waals surface area contributed by atoms with E-state index in [2.05, 4.69) is 9.88 Å². The van der Waals surface area contributed by atoms with Gasteiger partial charge in [0.2, 0.25) is 0 Å². The maximum atomic E-state index is 11.9. The van der Waals surface area contributed by atoms with Gasteiger partial charge in [0.25, 0.3) is 0 Å². The lowest BCUT2D eigenvalue weighted by molar-refractivity contribution is 0.313. The van der Waals surface area contributed by atoms with E-state index in [-0.39, 0.29) is 11.0 Å². The topological polar surface area (TPSA) is 116 Å². The molecule has 2 aromatic rings. The molecule has 0 radical (unpaired) electrons. The maximum Gasteiger partial charge on any atom is 0.437 e. The van der Waals surface area contributed by atoms with Crippen LogP contribution < -0.4 is 11.1 Å². The van der Waals surface area contributed by atoms with Crippen LogP contribution in [0.4, 0.5) is 0 Å². The molecule has 0 amide bonds. The summed E-state index contributed by atoms with van der Waals surface area (Å²) in [5.74, 6) is 0. The van der Waals surface area contributed by atoms with Gasteiger partial charge in [0.05, 0.1) is 11.0 Å². The summed E-state index contributed by atoms with van der Waals surface area (Å²) in [6.45, 7) is 1.33. The average Bonchev–Trinajstić information content (AvgIpc) is 2.38. The molecule has 0 fully saturated rings. The fourth-order valence-electron chi connectivity index (χ4n) is 2.74. The predicted molar refractivity (Wildman–Crippen MR) is 76.3 cm³/mol. The lowest BCUT2D eigenvalue weighted by Crippen LogP contribution is -2.36. The first-order chi connectivity index (χ1) is 9.79. The number of aromatic nitrogens is 2. The molecule has 0 saturated heterocycles. The van der Waals surface area contributed by atoms with Crippen molar-refractivity contribution in [2.45, 2.75) is 13.0 Å². The molecule has 0 bridgehead atoms. The molecule has 1 aliphatic heterocycles. The minimum atomic E-state index is -4.92. The van der Waals surface area contributed by atoms with Gasteiger partial charge < -0.3 is 19.7 Å². The number of hydrogen-bond acceptors (Lipinski definition) is 4. The van der Waals surface area contributed by atoms with Crippen LogP contribution in [0.3, 0.4) is 0 Å². The van der Waals surface area contributed by atoms with Crippen LogP contribution in [-0.2, 0) is 17.5 Å². The molecule has 9 heteroatoms. The minimum absolute atomic E-state index is 0.124. The van der Waals surface area contributed by atoms with Crippen molar-refractivity contribution in [1.29, 1.82) is 0 Å². The molecule has 0 aliphatic carbocycles. The molecule has 0 atom stereocenters. The zero-order valence-electron chi connectivity index (χ0n) is 11.2. The summed E-state index contributed by atoms with van der Waals surface area (Å²) in [5.41, 5.74) is -0.307. The average molecular weight is 311 g/mol. The highest BCUT2D eigenvalue weighted by Gasteiger charge is 2.27. The van der Waals surface area contributed by atoms with E-state index in [1.54, 1.807) is 12.1 Å². The number of H-pyrrole nitrogens is 1. The van der Waals surface area contributed by atoms with Crippen molar-refractivity contribution >= 4 is 18.8 Å². The van der Waals surface area contributed by atoms with Crippen molar-refractivity contribution in [3.05, 3.63) is 44.0 Å². The van der Waals surface area contributed by atoms with Gasteiger partial charge in [-0.25, -0.2) is 8.90 Å². The molecule has 1 aromatic heterocycles. The fraction of sp³-hybridized carbons (Fsp3) is 0.333. The second kappa shape index (κ2) is 4.64. The van der Waals surface area contributed by atoms with Crippen molar-refractivity contribution < 1.29 is 14.4 Å². The number of fused-ring (bicyclic) bond motifs is 3. The molecule has 112 valence electrons. The van der Waals surface area contributed by atoms with E-state index in [0.717, 1.165) is 5.56 Å². The van der Waals surface area contributed by atoms with Crippen molar-refractivity contribution in [3.8, 4) is 0 Å². The fourth-order valence-corrected chi connectivity index (χ4v) is 3.56. The summed E-state index contributed by atoms with van der Waals surface area (Å²) in [4.78, 5) is 46.8. The van der Waals surface area contributed by atoms with Crippen molar-refractivity contribution in [2.24, 2.45) is 0 Å². The van der Waals surface area contributed by atoms with E-state index in [1.165, 1.54) is 0 Å². The molecular formula is C12H14N3O5P. The first kappa shape index (κ1) is 14.2. The first-order valence-electron chi connectivity index (χ1n) is 6.34. The molecule has 0 spiro atoms. The third-order valence-corrected chi connectivity index (χ3v) is 4.57. The van der Waals surface area contributed by atoms with Gasteiger partial charge >= 0.3 is 18.9 Å². The zero-order chi connectivity index (χ0) is 15.4. The van der Waals surface area contributed by atoms with Crippen LogP contribution in [-0.4, -0.2) is 37.6 Å². The summed E-state index contributed by atoms with van der Waals surface area (Å²) < 4.78 is 12.0. The highest BCUT2D eigenvalue weighted by atomic mass is 31.2. The molecule has 1 aliphatic rings. The van der Waals surface area contributed by atoms with Gasteiger partial charge in [-0.15, -0.1) is 0 Å². The molecule has 2 heterocycles. The lowest BCUT2D eigenvalue weighted by Gasteiger charge is -2.26. The van der Waals surface area contributed by atoms with Gasteiger partial charge in [0, 0.05) is 13.1 Å². The molecule has 0 unspecified atom stereocenters. The van der Waals surface area contributed by atoms with Crippen LogP contribution in [0, 0.1) is 0 Å². The van der Waals surface area contributed by atoms with Crippen LogP contribution in [0.5, 0.6) is 0 Å². The van der Waals surface area contributed by atoms with Gasteiger partial charge in [0.15, 0.2) is 0 Å². The highest BCUT2D eigenvalue weighted by molar-refractivity contribution is 7.50. The molecular weight excluding hydrogens is 297 g/mol. The lowest BCUT2D eigenvalue weighted by atomic mass is 9.98. The quantitative estimate of drug-likeness (QED) is 0.488. The molecule has 8 nitrogen and oxygen atoms in total. The monoisotopic (exact) mass is 311 g/mol. The zero-order valence-corrected chi connectivity index (χ0v) is 12.1. The number of nitrogens with zero attached hydrogens (tertiary/aromatic N) is 2. The van der Waals surface area contributed by atoms with Gasteiger partial charge in [-0.1, -0.05) is 6.07 Å². The van der Waals surface area contributed by atoms with E-state index in [0.29, 0.717) is 29.4 Å². The van der Waals surface area contributed by atoms with Crippen LogP contribution >= 0.6 is 7.75 Å². The third-order valence-electron chi connectivity index (χ3n) is 3.67.